The van der Waals surface area contributed by atoms with E-state index in [2.05, 4.69) is 30.1 Å². The van der Waals surface area contributed by atoms with Crippen LogP contribution in [0.15, 0.2) is 42.5 Å². The van der Waals surface area contributed by atoms with Crippen LogP contribution in [0.25, 0.3) is 26.9 Å². The first-order valence-electron chi connectivity index (χ1n) is 12.5. The molecule has 1 amide bonds. The quantitative estimate of drug-likeness (QED) is 0.227. The number of aromatic nitrogens is 1. The third kappa shape index (κ3) is 5.91. The van der Waals surface area contributed by atoms with Crippen LogP contribution in [0.3, 0.4) is 0 Å². The van der Waals surface area contributed by atoms with Gasteiger partial charge in [-0.05, 0) is 61.7 Å². The maximum Gasteiger partial charge on any atom is 0.249 e. The standard InChI is InChI=1S/C29H31N3O4S2.ClH/c1-17(2)32-13-12-19-24(16-32)38-29(26(19)28-30-20-8-6-7-9-23(20)37-28)31-25(33)11-10-18-14-21(34-3)27(36-5)22(15-18)35-4;/h6-11,14-15,17H,12-13,16H2,1-5H3,(H,31,33);1H/b11-10+;. The Labute approximate surface area is 242 Å². The number of halogens is 1. The largest absolute Gasteiger partial charge is 0.493 e. The number of hydrogen-bond acceptors (Lipinski definition) is 8. The van der Waals surface area contributed by atoms with Gasteiger partial charge < -0.3 is 19.5 Å². The van der Waals surface area contributed by atoms with Gasteiger partial charge in [0, 0.05) is 35.6 Å². The smallest absolute Gasteiger partial charge is 0.249 e. The molecule has 0 aliphatic carbocycles. The number of thiophene rings is 1. The summed E-state index contributed by atoms with van der Waals surface area (Å²) in [6, 6.07) is 12.2. The number of amides is 1. The molecule has 0 unspecified atom stereocenters. The third-order valence-corrected chi connectivity index (χ3v) is 8.86. The number of para-hydroxylation sites is 1. The molecule has 0 atom stereocenters. The van der Waals surface area contributed by atoms with Gasteiger partial charge in [0.05, 0.1) is 31.5 Å². The molecule has 0 fully saturated rings. The van der Waals surface area contributed by atoms with E-state index in [1.165, 1.54) is 16.5 Å². The Morgan fingerprint density at radius 3 is 2.44 bits per heavy atom. The highest BCUT2D eigenvalue weighted by Crippen LogP contribution is 2.46. The van der Waals surface area contributed by atoms with Gasteiger partial charge in [0.1, 0.15) is 10.0 Å². The number of rotatable bonds is 8. The van der Waals surface area contributed by atoms with E-state index in [-0.39, 0.29) is 18.3 Å². The molecule has 2 aromatic carbocycles. The summed E-state index contributed by atoms with van der Waals surface area (Å²) in [6.45, 7) is 6.33. The van der Waals surface area contributed by atoms with E-state index in [9.17, 15) is 4.79 Å². The number of carbonyl (C=O) groups is 1. The van der Waals surface area contributed by atoms with Gasteiger partial charge >= 0.3 is 0 Å². The van der Waals surface area contributed by atoms with Crippen molar-refractivity contribution in [1.82, 2.24) is 9.88 Å². The monoisotopic (exact) mass is 585 g/mol. The molecule has 0 saturated carbocycles. The first-order chi connectivity index (χ1) is 18.4. The van der Waals surface area contributed by atoms with E-state index in [0.29, 0.717) is 23.3 Å². The molecule has 2 aromatic heterocycles. The van der Waals surface area contributed by atoms with Crippen LogP contribution in [0.2, 0.25) is 0 Å². The van der Waals surface area contributed by atoms with E-state index in [1.807, 2.05) is 30.3 Å². The first kappa shape index (κ1) is 28.9. The molecule has 4 aromatic rings. The molecule has 0 spiro atoms. The van der Waals surface area contributed by atoms with Crippen molar-refractivity contribution in [1.29, 1.82) is 0 Å². The van der Waals surface area contributed by atoms with Crippen molar-refractivity contribution in [3.05, 3.63) is 58.5 Å². The number of fused-ring (bicyclic) bond motifs is 2. The fourth-order valence-electron chi connectivity index (χ4n) is 4.68. The highest BCUT2D eigenvalue weighted by molar-refractivity contribution is 7.23. The van der Waals surface area contributed by atoms with Crippen LogP contribution in [-0.4, -0.2) is 49.7 Å². The zero-order valence-electron chi connectivity index (χ0n) is 22.6. The number of ether oxygens (including phenoxy) is 3. The third-order valence-electron chi connectivity index (χ3n) is 6.68. The second-order valence-corrected chi connectivity index (χ2v) is 11.4. The second-order valence-electron chi connectivity index (χ2n) is 9.29. The molecule has 0 radical (unpaired) electrons. The van der Waals surface area contributed by atoms with E-state index < -0.39 is 0 Å². The Balaban J connectivity index is 0.00000353. The fraction of sp³-hybridized carbons (Fsp3) is 0.310. The highest BCUT2D eigenvalue weighted by Gasteiger charge is 2.28. The molecular formula is C29H32ClN3O4S2. The summed E-state index contributed by atoms with van der Waals surface area (Å²) in [5.74, 6) is 1.37. The maximum atomic E-state index is 13.2. The van der Waals surface area contributed by atoms with Crippen LogP contribution in [0, 0.1) is 0 Å². The fourth-order valence-corrected chi connectivity index (χ4v) is 7.07. The van der Waals surface area contributed by atoms with Gasteiger partial charge in [-0.3, -0.25) is 9.69 Å². The SMILES string of the molecule is COc1cc(/C=C/C(=O)Nc2sc3c(c2-c2nc4ccccc4s2)CCN(C(C)C)C3)cc(OC)c1OC.Cl. The van der Waals surface area contributed by atoms with Crippen molar-refractivity contribution in [3.63, 3.8) is 0 Å². The van der Waals surface area contributed by atoms with Crippen LogP contribution in [-0.2, 0) is 17.8 Å². The molecule has 1 aliphatic rings. The van der Waals surface area contributed by atoms with E-state index >= 15 is 0 Å². The predicted molar refractivity (Wildman–Crippen MR) is 163 cm³/mol. The number of anilines is 1. The van der Waals surface area contributed by atoms with E-state index in [1.54, 1.807) is 50.1 Å². The van der Waals surface area contributed by atoms with E-state index in [4.69, 9.17) is 19.2 Å². The Kier molecular flexibility index (Phi) is 9.17. The van der Waals surface area contributed by atoms with Gasteiger partial charge in [0.15, 0.2) is 11.5 Å². The lowest BCUT2D eigenvalue weighted by molar-refractivity contribution is -0.111. The molecule has 0 bridgehead atoms. The lowest BCUT2D eigenvalue weighted by Gasteiger charge is -2.30. The zero-order valence-corrected chi connectivity index (χ0v) is 25.0. The van der Waals surface area contributed by atoms with Crippen LogP contribution in [0.1, 0.15) is 29.9 Å². The van der Waals surface area contributed by atoms with Gasteiger partial charge in [0.2, 0.25) is 11.7 Å². The van der Waals surface area contributed by atoms with Crippen molar-refractivity contribution in [3.8, 4) is 27.8 Å². The molecule has 0 saturated heterocycles. The Bertz CT molecular complexity index is 1450. The number of methoxy groups -OCH3 is 3. The summed E-state index contributed by atoms with van der Waals surface area (Å²) in [4.78, 5) is 21.9. The summed E-state index contributed by atoms with van der Waals surface area (Å²) in [7, 11) is 4.70. The molecule has 39 heavy (non-hydrogen) atoms. The number of nitrogens with zero attached hydrogens (tertiary/aromatic N) is 2. The summed E-state index contributed by atoms with van der Waals surface area (Å²) in [5.41, 5.74) is 4.10. The van der Waals surface area contributed by atoms with Crippen LogP contribution >= 0.6 is 35.1 Å². The molecule has 5 rings (SSSR count). The first-order valence-corrected chi connectivity index (χ1v) is 14.1. The van der Waals surface area contributed by atoms with Crippen molar-refractivity contribution < 1.29 is 19.0 Å². The van der Waals surface area contributed by atoms with Gasteiger partial charge in [-0.25, -0.2) is 4.98 Å². The Morgan fingerprint density at radius 2 is 1.79 bits per heavy atom. The molecule has 1 N–H and O–H groups in total. The average molecular weight is 586 g/mol. The number of thiazole rings is 1. The average Bonchev–Trinajstić information content (AvgIpc) is 3.51. The lowest BCUT2D eigenvalue weighted by Crippen LogP contribution is -2.35. The molecule has 7 nitrogen and oxygen atoms in total. The van der Waals surface area contributed by atoms with Crippen molar-refractivity contribution in [2.75, 3.05) is 33.2 Å². The number of benzene rings is 2. The number of carbonyl (C=O) groups excluding carboxylic acids is 1. The normalized spacial score (nSPS) is 13.4. The summed E-state index contributed by atoms with van der Waals surface area (Å²) in [6.07, 6.45) is 4.21. The van der Waals surface area contributed by atoms with Gasteiger partial charge in [-0.15, -0.1) is 35.1 Å². The number of hydrogen-bond donors (Lipinski definition) is 1. The highest BCUT2D eigenvalue weighted by atomic mass is 35.5. The van der Waals surface area contributed by atoms with Crippen molar-refractivity contribution in [2.45, 2.75) is 32.9 Å². The summed E-state index contributed by atoms with van der Waals surface area (Å²) in [5, 5.41) is 4.95. The van der Waals surface area contributed by atoms with Crippen molar-refractivity contribution in [2.24, 2.45) is 0 Å². The van der Waals surface area contributed by atoms with Gasteiger partial charge in [-0.1, -0.05) is 12.1 Å². The van der Waals surface area contributed by atoms with Crippen LogP contribution in [0.5, 0.6) is 17.2 Å². The molecule has 10 heteroatoms. The lowest BCUT2D eigenvalue weighted by atomic mass is 10.0. The van der Waals surface area contributed by atoms with Gasteiger partial charge in [-0.2, -0.15) is 0 Å². The number of nitrogens with one attached hydrogen (secondary N) is 1. The molecule has 206 valence electrons. The Hall–Kier alpha value is -3.11. The van der Waals surface area contributed by atoms with E-state index in [0.717, 1.165) is 50.9 Å². The maximum absolute atomic E-state index is 13.2. The summed E-state index contributed by atoms with van der Waals surface area (Å²) >= 11 is 3.33. The predicted octanol–water partition coefficient (Wildman–Crippen LogP) is 6.89. The van der Waals surface area contributed by atoms with Crippen LogP contribution in [0.4, 0.5) is 5.00 Å². The summed E-state index contributed by atoms with van der Waals surface area (Å²) < 4.78 is 17.4. The van der Waals surface area contributed by atoms with Crippen molar-refractivity contribution >= 4 is 62.3 Å². The van der Waals surface area contributed by atoms with Gasteiger partial charge in [0.25, 0.3) is 0 Å². The zero-order chi connectivity index (χ0) is 26.8. The minimum absolute atomic E-state index is 0. The molecule has 3 heterocycles. The van der Waals surface area contributed by atoms with Crippen LogP contribution < -0.4 is 19.5 Å². The minimum Gasteiger partial charge on any atom is -0.493 e. The Morgan fingerprint density at radius 1 is 1.08 bits per heavy atom. The molecular weight excluding hydrogens is 554 g/mol. The minimum atomic E-state index is -0.208. The second kappa shape index (κ2) is 12.4. The molecule has 1 aliphatic heterocycles. The topological polar surface area (TPSA) is 72.9 Å².